The molecule has 4 atom stereocenters. The zero-order chi connectivity index (χ0) is 20.3. The highest BCUT2D eigenvalue weighted by Gasteiger charge is 2.56. The first-order valence-corrected chi connectivity index (χ1v) is 10.0. The van der Waals surface area contributed by atoms with Crippen LogP contribution in [-0.2, 0) is 9.59 Å². The van der Waals surface area contributed by atoms with Crippen LogP contribution in [0.2, 0.25) is 0 Å². The maximum Gasteiger partial charge on any atom is 0.254 e. The fraction of sp³-hybridized carbons (Fsp3) is 0.348. The van der Waals surface area contributed by atoms with Gasteiger partial charge in [-0.05, 0) is 68.9 Å². The normalized spacial score (nSPS) is 28.0. The molecule has 2 bridgehead atoms. The Morgan fingerprint density at radius 2 is 1.59 bits per heavy atom. The van der Waals surface area contributed by atoms with Crippen LogP contribution in [0.4, 0.5) is 4.39 Å². The zero-order valence-corrected chi connectivity index (χ0v) is 16.4. The van der Waals surface area contributed by atoms with Crippen LogP contribution in [0.5, 0.6) is 0 Å². The third kappa shape index (κ3) is 2.69. The van der Waals surface area contributed by atoms with E-state index >= 15 is 0 Å². The molecule has 0 radical (unpaired) electrons. The van der Waals surface area contributed by atoms with E-state index in [4.69, 9.17) is 0 Å². The number of nitrogens with zero attached hydrogens (tertiary/aromatic N) is 3. The number of carbonyl (C=O) groups excluding carboxylic acids is 2. The molecular formula is C23H22FN3O2. The van der Waals surface area contributed by atoms with Crippen molar-refractivity contribution in [2.75, 3.05) is 0 Å². The van der Waals surface area contributed by atoms with Gasteiger partial charge >= 0.3 is 0 Å². The van der Waals surface area contributed by atoms with Gasteiger partial charge in [-0.3, -0.25) is 9.59 Å². The molecule has 6 heteroatoms. The Balaban J connectivity index is 1.44. The minimum absolute atomic E-state index is 0.158. The van der Waals surface area contributed by atoms with E-state index in [1.165, 1.54) is 12.1 Å². The molecule has 148 valence electrons. The summed E-state index contributed by atoms with van der Waals surface area (Å²) in [5.74, 6) is -0.834. The van der Waals surface area contributed by atoms with Crippen LogP contribution in [0.15, 0.2) is 47.6 Å². The van der Waals surface area contributed by atoms with E-state index in [9.17, 15) is 14.0 Å². The van der Waals surface area contributed by atoms with Crippen LogP contribution < -0.4 is 0 Å². The summed E-state index contributed by atoms with van der Waals surface area (Å²) in [5.41, 5.74) is 3.55. The fourth-order valence-corrected chi connectivity index (χ4v) is 5.20. The van der Waals surface area contributed by atoms with Crippen molar-refractivity contribution in [1.29, 1.82) is 0 Å². The molecule has 0 N–H and O–H groups in total. The molecule has 3 aliphatic carbocycles. The highest BCUT2D eigenvalue weighted by molar-refractivity contribution is 6.06. The summed E-state index contributed by atoms with van der Waals surface area (Å²) in [4.78, 5) is 25.8. The number of carbonyl (C=O) groups is 2. The number of fused-ring (bicyclic) bond motifs is 1. The van der Waals surface area contributed by atoms with E-state index in [0.29, 0.717) is 0 Å². The van der Waals surface area contributed by atoms with E-state index in [1.54, 1.807) is 18.3 Å². The van der Waals surface area contributed by atoms with E-state index in [1.807, 2.05) is 24.5 Å². The second-order valence-electron chi connectivity index (χ2n) is 8.21. The first-order valence-electron chi connectivity index (χ1n) is 10.0. The summed E-state index contributed by atoms with van der Waals surface area (Å²) in [6.45, 7) is 3.90. The zero-order valence-electron chi connectivity index (χ0n) is 16.4. The standard InChI is InChI=1S/C23H22FN3O2/c1-13-11-17(14(2)26(13)19-9-7-18(24)8-10-19)12-25-27-22(28)20-15-3-4-16(6-5-15)21(20)23(27)29/h3-4,7-12,15-16,20-21H,5-6H2,1-2H3/b25-12-/t15-,16-,20+,21+/m0/s1. The van der Waals surface area contributed by atoms with Gasteiger partial charge in [0, 0.05) is 22.6 Å². The van der Waals surface area contributed by atoms with Gasteiger partial charge in [0.2, 0.25) is 0 Å². The van der Waals surface area contributed by atoms with E-state index in [-0.39, 0.29) is 41.3 Å². The second kappa shape index (κ2) is 6.51. The van der Waals surface area contributed by atoms with Gasteiger partial charge in [-0.2, -0.15) is 10.1 Å². The van der Waals surface area contributed by atoms with Crippen molar-refractivity contribution in [2.24, 2.45) is 28.8 Å². The lowest BCUT2D eigenvalue weighted by atomic mass is 9.63. The number of imide groups is 1. The monoisotopic (exact) mass is 391 g/mol. The van der Waals surface area contributed by atoms with Gasteiger partial charge < -0.3 is 4.57 Å². The Morgan fingerprint density at radius 1 is 1.00 bits per heavy atom. The highest BCUT2D eigenvalue weighted by Crippen LogP contribution is 2.49. The number of aromatic nitrogens is 1. The topological polar surface area (TPSA) is 54.7 Å². The maximum absolute atomic E-state index is 13.3. The van der Waals surface area contributed by atoms with Crippen LogP contribution in [0.25, 0.3) is 5.69 Å². The van der Waals surface area contributed by atoms with Crippen LogP contribution in [0.1, 0.15) is 29.8 Å². The van der Waals surface area contributed by atoms with Crippen molar-refractivity contribution in [3.8, 4) is 5.69 Å². The molecule has 2 amide bonds. The minimum Gasteiger partial charge on any atom is -0.318 e. The van der Waals surface area contributed by atoms with Crippen LogP contribution in [0.3, 0.4) is 0 Å². The largest absolute Gasteiger partial charge is 0.318 e. The molecule has 5 nitrogen and oxygen atoms in total. The van der Waals surface area contributed by atoms with Crippen molar-refractivity contribution >= 4 is 18.0 Å². The molecule has 29 heavy (non-hydrogen) atoms. The second-order valence-corrected chi connectivity index (χ2v) is 8.21. The van der Waals surface area contributed by atoms with Gasteiger partial charge in [-0.15, -0.1) is 0 Å². The maximum atomic E-state index is 13.3. The number of halogens is 1. The molecule has 2 heterocycles. The fourth-order valence-electron chi connectivity index (χ4n) is 5.20. The molecular weight excluding hydrogens is 369 g/mol. The smallest absolute Gasteiger partial charge is 0.254 e. The summed E-state index contributed by atoms with van der Waals surface area (Å²) in [6.07, 6.45) is 7.73. The van der Waals surface area contributed by atoms with Crippen molar-refractivity contribution in [3.05, 3.63) is 65.3 Å². The molecule has 4 aliphatic rings. The van der Waals surface area contributed by atoms with Gasteiger partial charge in [0.15, 0.2) is 0 Å². The van der Waals surface area contributed by atoms with E-state index in [0.717, 1.165) is 40.5 Å². The average Bonchev–Trinajstić information content (AvgIpc) is 3.16. The van der Waals surface area contributed by atoms with Gasteiger partial charge in [-0.25, -0.2) is 4.39 Å². The molecule has 1 saturated heterocycles. The molecule has 0 unspecified atom stereocenters. The Labute approximate surface area is 168 Å². The summed E-state index contributed by atoms with van der Waals surface area (Å²) in [6, 6.07) is 8.24. The van der Waals surface area contributed by atoms with Crippen LogP contribution in [-0.4, -0.2) is 27.6 Å². The SMILES string of the molecule is Cc1cc(/C=N\N2C(=O)[C@H]3[C@H](C2=O)[C@H]2C=C[C@H]3CC2)c(C)n1-c1ccc(F)cc1. The minimum atomic E-state index is -0.283. The Kier molecular flexibility index (Phi) is 4.05. The van der Waals surface area contributed by atoms with Crippen LogP contribution in [0, 0.1) is 43.3 Å². The number of hydrazone groups is 1. The number of hydrogen-bond acceptors (Lipinski definition) is 3. The van der Waals surface area contributed by atoms with Gasteiger partial charge in [-0.1, -0.05) is 12.2 Å². The van der Waals surface area contributed by atoms with E-state index in [2.05, 4.69) is 17.3 Å². The first kappa shape index (κ1) is 18.0. The lowest BCUT2D eigenvalue weighted by molar-refractivity contribution is -0.140. The van der Waals surface area contributed by atoms with Crippen molar-refractivity contribution in [2.45, 2.75) is 26.7 Å². The molecule has 6 rings (SSSR count). The predicted octanol–water partition coefficient (Wildman–Crippen LogP) is 3.76. The number of aryl methyl sites for hydroxylation is 1. The van der Waals surface area contributed by atoms with Crippen molar-refractivity contribution in [1.82, 2.24) is 9.58 Å². The number of benzene rings is 1. The molecule has 2 fully saturated rings. The van der Waals surface area contributed by atoms with Gasteiger partial charge in [0.05, 0.1) is 18.1 Å². The van der Waals surface area contributed by atoms with Crippen molar-refractivity contribution < 1.29 is 14.0 Å². The molecule has 1 aromatic carbocycles. The van der Waals surface area contributed by atoms with Crippen LogP contribution >= 0.6 is 0 Å². The molecule has 0 spiro atoms. The third-order valence-electron chi connectivity index (χ3n) is 6.60. The van der Waals surface area contributed by atoms with Crippen molar-refractivity contribution in [3.63, 3.8) is 0 Å². The van der Waals surface area contributed by atoms with E-state index < -0.39 is 0 Å². The lowest BCUT2D eigenvalue weighted by Gasteiger charge is -2.37. The molecule has 1 aromatic heterocycles. The summed E-state index contributed by atoms with van der Waals surface area (Å²) in [5, 5.41) is 5.39. The lowest BCUT2D eigenvalue weighted by Crippen LogP contribution is -2.38. The predicted molar refractivity (Wildman–Crippen MR) is 107 cm³/mol. The molecule has 1 saturated carbocycles. The number of rotatable bonds is 3. The molecule has 2 aromatic rings. The Bertz CT molecular complexity index is 1030. The van der Waals surface area contributed by atoms with Gasteiger partial charge in [0.1, 0.15) is 5.82 Å². The van der Waals surface area contributed by atoms with Gasteiger partial charge in [0.25, 0.3) is 11.8 Å². The number of amides is 2. The summed E-state index contributed by atoms with van der Waals surface area (Å²) in [7, 11) is 0. The third-order valence-corrected chi connectivity index (χ3v) is 6.60. The quantitative estimate of drug-likeness (QED) is 0.454. The Morgan fingerprint density at radius 3 is 2.14 bits per heavy atom. The summed E-state index contributed by atoms with van der Waals surface area (Å²) >= 11 is 0. The number of hydrogen-bond donors (Lipinski definition) is 0. The molecule has 1 aliphatic heterocycles. The summed E-state index contributed by atoms with van der Waals surface area (Å²) < 4.78 is 15.3. The first-order chi connectivity index (χ1) is 14.0. The average molecular weight is 391 g/mol. The Hall–Kier alpha value is -3.02. The highest BCUT2D eigenvalue weighted by atomic mass is 19.1. The number of allylic oxidation sites excluding steroid dienone is 2.